The van der Waals surface area contributed by atoms with Crippen LogP contribution in [0.25, 0.3) is 11.1 Å². The number of carboxylic acid groups (broad SMARTS) is 1. The third-order valence-electron chi connectivity index (χ3n) is 2.78. The highest BCUT2D eigenvalue weighted by atomic mass is 19.1. The summed E-state index contributed by atoms with van der Waals surface area (Å²) in [5, 5.41) is 6.89. The van der Waals surface area contributed by atoms with Gasteiger partial charge in [0.2, 0.25) is 0 Å². The molecule has 4 heteroatoms. The highest BCUT2D eigenvalue weighted by Gasteiger charge is 2.14. The van der Waals surface area contributed by atoms with Gasteiger partial charge in [-0.3, -0.25) is 4.79 Å². The Morgan fingerprint density at radius 1 is 1.10 bits per heavy atom. The predicted molar refractivity (Wildman–Crippen MR) is 77.7 cm³/mol. The van der Waals surface area contributed by atoms with E-state index in [0.717, 1.165) is 16.7 Å². The van der Waals surface area contributed by atoms with Crippen molar-refractivity contribution in [2.24, 2.45) is 5.73 Å². The predicted octanol–water partition coefficient (Wildman–Crippen LogP) is 3.39. The lowest BCUT2D eigenvalue weighted by molar-refractivity contribution is -0.122. The quantitative estimate of drug-likeness (QED) is 0.826. The lowest BCUT2D eigenvalue weighted by atomic mass is 9.92. The van der Waals surface area contributed by atoms with Crippen LogP contribution in [-0.2, 0) is 10.3 Å². The van der Waals surface area contributed by atoms with Gasteiger partial charge in [-0.25, -0.2) is 4.39 Å². The first kappa shape index (κ1) is 15.9. The zero-order valence-corrected chi connectivity index (χ0v) is 11.5. The number of rotatable bonds is 2. The van der Waals surface area contributed by atoms with Crippen molar-refractivity contribution in [2.75, 3.05) is 0 Å². The molecular formula is C16H18FNO2. The van der Waals surface area contributed by atoms with E-state index in [9.17, 15) is 4.39 Å². The number of carbonyl (C=O) groups is 1. The summed E-state index contributed by atoms with van der Waals surface area (Å²) in [6.07, 6.45) is 0. The van der Waals surface area contributed by atoms with E-state index in [-0.39, 0.29) is 17.8 Å². The molecule has 0 amide bonds. The maximum Gasteiger partial charge on any atom is 0.290 e. The van der Waals surface area contributed by atoms with E-state index in [0.29, 0.717) is 0 Å². The summed E-state index contributed by atoms with van der Waals surface area (Å²) < 4.78 is 12.9. The second-order valence-corrected chi connectivity index (χ2v) is 4.91. The van der Waals surface area contributed by atoms with Gasteiger partial charge in [-0.1, -0.05) is 30.3 Å². The fourth-order valence-corrected chi connectivity index (χ4v) is 1.74. The Kier molecular flexibility index (Phi) is 5.41. The second-order valence-electron chi connectivity index (χ2n) is 4.91. The van der Waals surface area contributed by atoms with Crippen LogP contribution < -0.4 is 5.73 Å². The smallest absolute Gasteiger partial charge is 0.290 e. The minimum atomic E-state index is -0.365. The van der Waals surface area contributed by atoms with Crippen LogP contribution >= 0.6 is 0 Å². The van der Waals surface area contributed by atoms with Crippen LogP contribution in [0.2, 0.25) is 0 Å². The van der Waals surface area contributed by atoms with E-state index >= 15 is 0 Å². The summed E-state index contributed by atoms with van der Waals surface area (Å²) in [6.45, 7) is 3.69. The van der Waals surface area contributed by atoms with Crippen LogP contribution in [0.15, 0.2) is 48.5 Å². The van der Waals surface area contributed by atoms with Crippen molar-refractivity contribution in [1.82, 2.24) is 0 Å². The van der Waals surface area contributed by atoms with Crippen molar-refractivity contribution in [3.63, 3.8) is 0 Å². The van der Waals surface area contributed by atoms with Gasteiger partial charge < -0.3 is 10.8 Å². The zero-order chi connectivity index (χ0) is 15.2. The summed E-state index contributed by atoms with van der Waals surface area (Å²) in [7, 11) is 0. The SMILES string of the molecule is CC(C)(N)c1cccc(-c2ccc(F)cc2)c1.O=CO. The van der Waals surface area contributed by atoms with Gasteiger partial charge in [0.25, 0.3) is 6.47 Å². The molecule has 0 heterocycles. The monoisotopic (exact) mass is 275 g/mol. The van der Waals surface area contributed by atoms with Gasteiger partial charge in [-0.2, -0.15) is 0 Å². The Hall–Kier alpha value is -2.20. The van der Waals surface area contributed by atoms with Crippen LogP contribution in [0.4, 0.5) is 4.39 Å². The Bertz CT molecular complexity index is 559. The second kappa shape index (κ2) is 6.82. The first-order valence-electron chi connectivity index (χ1n) is 6.11. The van der Waals surface area contributed by atoms with Crippen LogP contribution in [-0.4, -0.2) is 11.6 Å². The maximum atomic E-state index is 12.9. The van der Waals surface area contributed by atoms with Crippen molar-refractivity contribution < 1.29 is 14.3 Å². The molecule has 0 aromatic heterocycles. The number of hydrogen-bond acceptors (Lipinski definition) is 2. The van der Waals surface area contributed by atoms with Gasteiger partial charge >= 0.3 is 0 Å². The van der Waals surface area contributed by atoms with Crippen molar-refractivity contribution in [3.8, 4) is 11.1 Å². The van der Waals surface area contributed by atoms with Gasteiger partial charge in [-0.05, 0) is 48.7 Å². The molecule has 0 fully saturated rings. The summed E-state index contributed by atoms with van der Waals surface area (Å²) in [4.78, 5) is 8.36. The number of hydrogen-bond donors (Lipinski definition) is 2. The summed E-state index contributed by atoms with van der Waals surface area (Å²) in [5.74, 6) is -0.218. The highest BCUT2D eigenvalue weighted by Crippen LogP contribution is 2.24. The van der Waals surface area contributed by atoms with Crippen LogP contribution in [0.5, 0.6) is 0 Å². The van der Waals surface area contributed by atoms with Crippen LogP contribution in [0.1, 0.15) is 19.4 Å². The molecule has 0 spiro atoms. The van der Waals surface area contributed by atoms with E-state index in [1.54, 1.807) is 12.1 Å². The molecule has 0 aliphatic carbocycles. The zero-order valence-electron chi connectivity index (χ0n) is 11.5. The minimum Gasteiger partial charge on any atom is -0.483 e. The third-order valence-corrected chi connectivity index (χ3v) is 2.78. The molecule has 0 atom stereocenters. The average Bonchev–Trinajstić information content (AvgIpc) is 2.40. The molecule has 3 nitrogen and oxygen atoms in total. The van der Waals surface area contributed by atoms with Crippen LogP contribution in [0, 0.1) is 5.82 Å². The molecule has 106 valence electrons. The Labute approximate surface area is 117 Å². The van der Waals surface area contributed by atoms with E-state index in [4.69, 9.17) is 15.6 Å². The van der Waals surface area contributed by atoms with Gasteiger partial charge in [-0.15, -0.1) is 0 Å². The first-order valence-corrected chi connectivity index (χ1v) is 6.11. The number of halogens is 1. The van der Waals surface area contributed by atoms with Crippen molar-refractivity contribution >= 4 is 6.47 Å². The summed E-state index contributed by atoms with van der Waals surface area (Å²) in [5.41, 5.74) is 8.83. The number of nitrogens with two attached hydrogens (primary N) is 1. The number of benzene rings is 2. The van der Waals surface area contributed by atoms with Gasteiger partial charge in [0, 0.05) is 5.54 Å². The van der Waals surface area contributed by atoms with Gasteiger partial charge in [0.15, 0.2) is 0 Å². The largest absolute Gasteiger partial charge is 0.483 e. The van der Waals surface area contributed by atoms with E-state index in [1.165, 1.54) is 12.1 Å². The molecule has 3 N–H and O–H groups in total. The highest BCUT2D eigenvalue weighted by molar-refractivity contribution is 5.64. The summed E-state index contributed by atoms with van der Waals surface area (Å²) in [6, 6.07) is 14.5. The van der Waals surface area contributed by atoms with Crippen LogP contribution in [0.3, 0.4) is 0 Å². The molecule has 20 heavy (non-hydrogen) atoms. The van der Waals surface area contributed by atoms with E-state index in [1.807, 2.05) is 38.1 Å². The molecule has 0 unspecified atom stereocenters. The Morgan fingerprint density at radius 2 is 1.65 bits per heavy atom. The van der Waals surface area contributed by atoms with Crippen molar-refractivity contribution in [3.05, 3.63) is 59.9 Å². The molecule has 0 saturated heterocycles. The van der Waals surface area contributed by atoms with E-state index in [2.05, 4.69) is 0 Å². The standard InChI is InChI=1S/C15H16FN.CH2O2/c1-15(2,17)13-5-3-4-12(10-13)11-6-8-14(16)9-7-11;2-1-3/h3-10H,17H2,1-2H3;1H,(H,2,3). The Balaban J connectivity index is 0.000000612. The molecule has 0 aliphatic rings. The molecule has 0 radical (unpaired) electrons. The topological polar surface area (TPSA) is 63.3 Å². The first-order chi connectivity index (χ1) is 9.38. The van der Waals surface area contributed by atoms with Crippen molar-refractivity contribution in [1.29, 1.82) is 0 Å². The minimum absolute atomic E-state index is 0.218. The fourth-order valence-electron chi connectivity index (χ4n) is 1.74. The molecule has 0 bridgehead atoms. The third kappa shape index (κ3) is 4.48. The van der Waals surface area contributed by atoms with E-state index < -0.39 is 0 Å². The average molecular weight is 275 g/mol. The normalized spacial score (nSPS) is 10.4. The van der Waals surface area contributed by atoms with Gasteiger partial charge in [0.05, 0.1) is 0 Å². The summed E-state index contributed by atoms with van der Waals surface area (Å²) >= 11 is 0. The molecule has 0 aliphatic heterocycles. The maximum absolute atomic E-state index is 12.9. The fraction of sp³-hybridized carbons (Fsp3) is 0.188. The Morgan fingerprint density at radius 3 is 2.15 bits per heavy atom. The molecule has 2 rings (SSSR count). The molecule has 2 aromatic rings. The molecule has 0 saturated carbocycles. The molecule has 2 aromatic carbocycles. The lowest BCUT2D eigenvalue weighted by Crippen LogP contribution is -2.28. The lowest BCUT2D eigenvalue weighted by Gasteiger charge is -2.19. The van der Waals surface area contributed by atoms with Crippen molar-refractivity contribution in [2.45, 2.75) is 19.4 Å². The van der Waals surface area contributed by atoms with Gasteiger partial charge in [0.1, 0.15) is 5.82 Å². The molecular weight excluding hydrogens is 257 g/mol.